The van der Waals surface area contributed by atoms with E-state index >= 15 is 0 Å². The Hall–Kier alpha value is -3.26. The zero-order valence-corrected chi connectivity index (χ0v) is 17.0. The smallest absolute Gasteiger partial charge is 0.384 e. The number of terminal acetylenes is 1. The van der Waals surface area contributed by atoms with E-state index in [0.29, 0.717) is 6.07 Å². The second-order valence-corrected chi connectivity index (χ2v) is 7.60. The fourth-order valence-corrected chi connectivity index (χ4v) is 3.21. The molecule has 0 aromatic heterocycles. The van der Waals surface area contributed by atoms with Crippen LogP contribution in [0.3, 0.4) is 0 Å². The van der Waals surface area contributed by atoms with Crippen molar-refractivity contribution in [3.05, 3.63) is 65.2 Å². The van der Waals surface area contributed by atoms with Crippen molar-refractivity contribution in [1.29, 1.82) is 0 Å². The molecule has 1 amide bonds. The van der Waals surface area contributed by atoms with Gasteiger partial charge in [-0.25, -0.2) is 0 Å². The molecule has 31 heavy (non-hydrogen) atoms. The monoisotopic (exact) mass is 429 g/mol. The molecule has 1 unspecified atom stereocenters. The molecule has 162 valence electrons. The molecule has 0 aliphatic heterocycles. The molecule has 2 rings (SSSR count). The number of aliphatic hydroxyl groups excluding tert-OH is 1. The summed E-state index contributed by atoms with van der Waals surface area (Å²) in [5, 5.41) is 22.4. The predicted octanol–water partition coefficient (Wildman–Crippen LogP) is 3.72. The second-order valence-electron chi connectivity index (χ2n) is 7.60. The molecule has 4 nitrogen and oxygen atoms in total. The fraction of sp³-hybridized carbons (Fsp3) is 0.292. The van der Waals surface area contributed by atoms with Crippen LogP contribution in [0.1, 0.15) is 37.0 Å². The number of anilines is 1. The maximum atomic E-state index is 13.3. The van der Waals surface area contributed by atoms with E-state index < -0.39 is 35.3 Å². The first-order valence-corrected chi connectivity index (χ1v) is 9.31. The summed E-state index contributed by atoms with van der Waals surface area (Å²) < 4.78 is 39.8. The van der Waals surface area contributed by atoms with Crippen LogP contribution in [0.25, 0.3) is 0 Å². The van der Waals surface area contributed by atoms with Gasteiger partial charge in [-0.1, -0.05) is 61.9 Å². The van der Waals surface area contributed by atoms with Crippen LogP contribution in [0.15, 0.2) is 48.5 Å². The topological polar surface area (TPSA) is 69.6 Å². The van der Waals surface area contributed by atoms with E-state index in [1.54, 1.807) is 26.0 Å². The van der Waals surface area contributed by atoms with Crippen molar-refractivity contribution < 1.29 is 28.2 Å². The Morgan fingerprint density at radius 1 is 1.13 bits per heavy atom. The standard InChI is InChI=1S/C24H22F3NO3/c1-4-17-11-12-19(15-20(17)24(25,26)27)28-21(30)23(31,13-8-14-29)16-22(2,3)18-9-6-5-7-10-18/h1,5-7,9-12,15,29,31H,14,16H2,2-3H3,(H,28,30). The van der Waals surface area contributed by atoms with Crippen molar-refractivity contribution in [2.24, 2.45) is 0 Å². The summed E-state index contributed by atoms with van der Waals surface area (Å²) in [6, 6.07) is 12.1. The number of alkyl halides is 3. The van der Waals surface area contributed by atoms with E-state index in [2.05, 4.69) is 17.2 Å². The van der Waals surface area contributed by atoms with Crippen molar-refractivity contribution in [1.82, 2.24) is 0 Å². The molecule has 0 fully saturated rings. The van der Waals surface area contributed by atoms with Gasteiger partial charge in [-0.05, 0) is 29.2 Å². The second kappa shape index (κ2) is 9.26. The maximum absolute atomic E-state index is 13.3. The van der Waals surface area contributed by atoms with Crippen molar-refractivity contribution in [3.8, 4) is 24.2 Å². The number of carbonyl (C=O) groups is 1. The highest BCUT2D eigenvalue weighted by molar-refractivity contribution is 5.99. The van der Waals surface area contributed by atoms with Crippen LogP contribution < -0.4 is 5.32 Å². The predicted molar refractivity (Wildman–Crippen MR) is 112 cm³/mol. The lowest BCUT2D eigenvalue weighted by molar-refractivity contribution is -0.137. The molecule has 0 aliphatic rings. The van der Waals surface area contributed by atoms with Crippen LogP contribution >= 0.6 is 0 Å². The Bertz CT molecular complexity index is 1040. The first kappa shape index (κ1) is 24.0. The Balaban J connectivity index is 2.39. The minimum atomic E-state index is -4.72. The van der Waals surface area contributed by atoms with Crippen LogP contribution in [-0.4, -0.2) is 28.3 Å². The SMILES string of the molecule is C#Cc1ccc(NC(=O)C(O)(C#CCO)CC(C)(C)c2ccccc2)cc1C(F)(F)F. The molecule has 0 spiro atoms. The van der Waals surface area contributed by atoms with Crippen LogP contribution in [-0.2, 0) is 16.4 Å². The third-order valence-corrected chi connectivity index (χ3v) is 4.74. The lowest BCUT2D eigenvalue weighted by Crippen LogP contribution is -2.46. The van der Waals surface area contributed by atoms with Gasteiger partial charge in [0.1, 0.15) is 6.61 Å². The van der Waals surface area contributed by atoms with Crippen LogP contribution in [0.5, 0.6) is 0 Å². The molecule has 1 atom stereocenters. The van der Waals surface area contributed by atoms with E-state index in [9.17, 15) is 23.1 Å². The minimum Gasteiger partial charge on any atom is -0.384 e. The van der Waals surface area contributed by atoms with Gasteiger partial charge in [-0.15, -0.1) is 6.42 Å². The van der Waals surface area contributed by atoms with Gasteiger partial charge in [0.2, 0.25) is 5.60 Å². The number of hydrogen-bond acceptors (Lipinski definition) is 3. The number of aliphatic hydroxyl groups is 2. The molecular weight excluding hydrogens is 407 g/mol. The first-order valence-electron chi connectivity index (χ1n) is 9.31. The molecule has 3 N–H and O–H groups in total. The lowest BCUT2D eigenvalue weighted by Gasteiger charge is -2.32. The van der Waals surface area contributed by atoms with Crippen LogP contribution in [0.4, 0.5) is 18.9 Å². The van der Waals surface area contributed by atoms with Crippen molar-refractivity contribution in [2.45, 2.75) is 37.5 Å². The highest BCUT2D eigenvalue weighted by atomic mass is 19.4. The van der Waals surface area contributed by atoms with Gasteiger partial charge in [0.15, 0.2) is 0 Å². The highest BCUT2D eigenvalue weighted by Crippen LogP contribution is 2.35. The highest BCUT2D eigenvalue weighted by Gasteiger charge is 2.41. The van der Waals surface area contributed by atoms with Gasteiger partial charge in [0.05, 0.1) is 5.56 Å². The Labute approximate surface area is 179 Å². The van der Waals surface area contributed by atoms with Crippen LogP contribution in [0.2, 0.25) is 0 Å². The number of hydrogen-bond donors (Lipinski definition) is 3. The molecule has 0 radical (unpaired) electrons. The largest absolute Gasteiger partial charge is 0.417 e. The first-order chi connectivity index (χ1) is 14.4. The number of amides is 1. The number of carbonyl (C=O) groups excluding carboxylic acids is 1. The van der Waals surface area contributed by atoms with Crippen LogP contribution in [0, 0.1) is 24.2 Å². The lowest BCUT2D eigenvalue weighted by atomic mass is 9.75. The average Bonchev–Trinajstić information content (AvgIpc) is 2.72. The number of benzene rings is 2. The summed E-state index contributed by atoms with van der Waals surface area (Å²) in [5.41, 5.74) is -3.82. The Morgan fingerprint density at radius 3 is 2.32 bits per heavy atom. The molecule has 0 saturated carbocycles. The van der Waals surface area contributed by atoms with Gasteiger partial charge < -0.3 is 15.5 Å². The molecule has 0 heterocycles. The molecule has 0 bridgehead atoms. The molecule has 2 aromatic carbocycles. The summed E-state index contributed by atoms with van der Waals surface area (Å²) in [7, 11) is 0. The van der Waals surface area contributed by atoms with E-state index in [0.717, 1.165) is 11.6 Å². The third-order valence-electron chi connectivity index (χ3n) is 4.74. The summed E-state index contributed by atoms with van der Waals surface area (Å²) in [6.07, 6.45) is 0.241. The van der Waals surface area contributed by atoms with Gasteiger partial charge in [-0.3, -0.25) is 4.79 Å². The quantitative estimate of drug-likeness (QED) is 0.635. The van der Waals surface area contributed by atoms with E-state index in [-0.39, 0.29) is 17.7 Å². The Kier molecular flexibility index (Phi) is 7.17. The van der Waals surface area contributed by atoms with E-state index in [1.165, 1.54) is 6.07 Å². The fourth-order valence-electron chi connectivity index (χ4n) is 3.21. The van der Waals surface area contributed by atoms with Crippen molar-refractivity contribution in [3.63, 3.8) is 0 Å². The molecule has 7 heteroatoms. The number of rotatable bonds is 5. The molecule has 0 aliphatic carbocycles. The summed E-state index contributed by atoms with van der Waals surface area (Å²) >= 11 is 0. The number of nitrogens with one attached hydrogen (secondary N) is 1. The normalized spacial score (nSPS) is 13.4. The van der Waals surface area contributed by atoms with Crippen molar-refractivity contribution >= 4 is 11.6 Å². The van der Waals surface area contributed by atoms with Gasteiger partial charge >= 0.3 is 6.18 Å². The minimum absolute atomic E-state index is 0.169. The Morgan fingerprint density at radius 2 is 1.77 bits per heavy atom. The third kappa shape index (κ3) is 5.88. The zero-order valence-electron chi connectivity index (χ0n) is 17.0. The maximum Gasteiger partial charge on any atom is 0.417 e. The van der Waals surface area contributed by atoms with E-state index in [4.69, 9.17) is 11.5 Å². The zero-order chi connectivity index (χ0) is 23.3. The van der Waals surface area contributed by atoms with Gasteiger partial charge in [0.25, 0.3) is 5.91 Å². The summed E-state index contributed by atoms with van der Waals surface area (Å²) in [5.74, 6) is 5.56. The van der Waals surface area contributed by atoms with Gasteiger partial charge in [0, 0.05) is 17.7 Å². The number of halogens is 3. The molecule has 0 saturated heterocycles. The van der Waals surface area contributed by atoms with E-state index in [1.807, 2.05) is 24.1 Å². The van der Waals surface area contributed by atoms with Crippen molar-refractivity contribution in [2.75, 3.05) is 11.9 Å². The summed E-state index contributed by atoms with van der Waals surface area (Å²) in [6.45, 7) is 2.99. The van der Waals surface area contributed by atoms with Gasteiger partial charge in [-0.2, -0.15) is 13.2 Å². The molecular formula is C24H22F3NO3. The summed E-state index contributed by atoms with van der Waals surface area (Å²) in [4.78, 5) is 12.9. The molecule has 2 aromatic rings. The average molecular weight is 429 g/mol.